The van der Waals surface area contributed by atoms with E-state index in [1.807, 2.05) is 50.2 Å². The van der Waals surface area contributed by atoms with Crippen molar-refractivity contribution < 1.29 is 14.6 Å². The second-order valence-corrected chi connectivity index (χ2v) is 5.49. The molecule has 2 aromatic rings. The van der Waals surface area contributed by atoms with E-state index in [0.717, 1.165) is 16.7 Å². The zero-order valence-electron chi connectivity index (χ0n) is 12.0. The fourth-order valence-corrected chi connectivity index (χ4v) is 2.29. The van der Waals surface area contributed by atoms with Gasteiger partial charge in [-0.3, -0.25) is 4.79 Å². The molecule has 0 radical (unpaired) electrons. The highest BCUT2D eigenvalue weighted by Crippen LogP contribution is 2.31. The van der Waals surface area contributed by atoms with Gasteiger partial charge in [-0.2, -0.15) is 0 Å². The summed E-state index contributed by atoms with van der Waals surface area (Å²) in [4.78, 5) is 10.8. The van der Waals surface area contributed by atoms with Crippen LogP contribution in [0.4, 0.5) is 0 Å². The van der Waals surface area contributed by atoms with E-state index in [9.17, 15) is 4.79 Å². The average Bonchev–Trinajstić information content (AvgIpc) is 2.40. The number of carboxylic acid groups (broad SMARTS) is 1. The molecule has 0 aromatic heterocycles. The molecule has 0 aliphatic rings. The largest absolute Gasteiger partial charge is 0.489 e. The van der Waals surface area contributed by atoms with Crippen LogP contribution in [-0.4, -0.2) is 17.2 Å². The fraction of sp³-hybridized carbons (Fsp3) is 0.235. The van der Waals surface area contributed by atoms with E-state index >= 15 is 0 Å². The first-order chi connectivity index (χ1) is 9.95. The van der Waals surface area contributed by atoms with Crippen LogP contribution in [0.15, 0.2) is 42.5 Å². The smallest absolute Gasteiger partial charge is 0.307 e. The van der Waals surface area contributed by atoms with E-state index < -0.39 is 5.97 Å². The molecule has 0 saturated heterocycles. The van der Waals surface area contributed by atoms with E-state index in [4.69, 9.17) is 21.4 Å². The van der Waals surface area contributed by atoms with Crippen molar-refractivity contribution in [1.29, 1.82) is 0 Å². The summed E-state index contributed by atoms with van der Waals surface area (Å²) in [5, 5.41) is 9.40. The van der Waals surface area contributed by atoms with Gasteiger partial charge in [0.1, 0.15) is 5.75 Å². The van der Waals surface area contributed by atoms with E-state index in [-0.39, 0.29) is 12.5 Å². The Hall–Kier alpha value is -2.00. The minimum atomic E-state index is -0.842. The Morgan fingerprint density at radius 2 is 1.90 bits per heavy atom. The summed E-state index contributed by atoms with van der Waals surface area (Å²) in [7, 11) is 0. The van der Waals surface area contributed by atoms with E-state index in [0.29, 0.717) is 10.8 Å². The van der Waals surface area contributed by atoms with E-state index in [2.05, 4.69) is 0 Å². The summed E-state index contributed by atoms with van der Waals surface area (Å²) in [6.07, 6.45) is 0.0723. The quantitative estimate of drug-likeness (QED) is 0.889. The van der Waals surface area contributed by atoms with Crippen LogP contribution in [0.1, 0.15) is 19.4 Å². The van der Waals surface area contributed by atoms with E-state index in [1.54, 1.807) is 6.07 Å². The third kappa shape index (κ3) is 4.23. The second-order valence-electron chi connectivity index (χ2n) is 5.08. The maximum Gasteiger partial charge on any atom is 0.307 e. The molecule has 0 saturated carbocycles. The van der Waals surface area contributed by atoms with Crippen LogP contribution in [-0.2, 0) is 11.2 Å². The van der Waals surface area contributed by atoms with Crippen molar-refractivity contribution in [2.24, 2.45) is 0 Å². The van der Waals surface area contributed by atoms with Crippen molar-refractivity contribution in [2.75, 3.05) is 0 Å². The molecule has 0 aliphatic heterocycles. The molecule has 0 fully saturated rings. The highest BCUT2D eigenvalue weighted by atomic mass is 35.5. The lowest BCUT2D eigenvalue weighted by Crippen LogP contribution is -2.05. The van der Waals surface area contributed by atoms with Crippen LogP contribution in [0.2, 0.25) is 5.02 Å². The number of carbonyl (C=O) groups is 1. The highest BCUT2D eigenvalue weighted by Gasteiger charge is 2.08. The van der Waals surface area contributed by atoms with Crippen molar-refractivity contribution in [3.05, 3.63) is 53.1 Å². The van der Waals surface area contributed by atoms with Gasteiger partial charge in [-0.15, -0.1) is 0 Å². The van der Waals surface area contributed by atoms with Crippen molar-refractivity contribution in [3.8, 4) is 16.9 Å². The third-order valence-electron chi connectivity index (χ3n) is 2.91. The van der Waals surface area contributed by atoms with Crippen LogP contribution in [0.5, 0.6) is 5.75 Å². The molecule has 0 bridgehead atoms. The monoisotopic (exact) mass is 304 g/mol. The molecule has 1 N–H and O–H groups in total. The standard InChI is InChI=1S/C17H17ClO3/c1-11(2)21-16-7-6-14(10-15(16)18)13-5-3-4-12(8-13)9-17(19)20/h3-8,10-11H,9H2,1-2H3,(H,19,20). The summed E-state index contributed by atoms with van der Waals surface area (Å²) in [5.74, 6) is -0.192. The van der Waals surface area contributed by atoms with Gasteiger partial charge in [0.15, 0.2) is 0 Å². The topological polar surface area (TPSA) is 46.5 Å². The molecule has 0 unspecified atom stereocenters. The number of hydrogen-bond donors (Lipinski definition) is 1. The van der Waals surface area contributed by atoms with Gasteiger partial charge < -0.3 is 9.84 Å². The lowest BCUT2D eigenvalue weighted by Gasteiger charge is -2.12. The summed E-state index contributed by atoms with van der Waals surface area (Å²) in [6, 6.07) is 13.0. The first-order valence-electron chi connectivity index (χ1n) is 6.73. The summed E-state index contributed by atoms with van der Waals surface area (Å²) < 4.78 is 5.60. The Balaban J connectivity index is 2.30. The molecule has 2 rings (SSSR count). The minimum Gasteiger partial charge on any atom is -0.489 e. The molecule has 0 atom stereocenters. The van der Waals surface area contributed by atoms with Crippen molar-refractivity contribution in [1.82, 2.24) is 0 Å². The number of rotatable bonds is 5. The molecule has 4 heteroatoms. The Kier molecular flexibility index (Phi) is 4.86. The zero-order valence-corrected chi connectivity index (χ0v) is 12.7. The fourth-order valence-electron chi connectivity index (χ4n) is 2.07. The number of ether oxygens (including phenoxy) is 1. The number of hydrogen-bond acceptors (Lipinski definition) is 2. The Morgan fingerprint density at radius 1 is 1.19 bits per heavy atom. The van der Waals surface area contributed by atoms with Gasteiger partial charge in [0.2, 0.25) is 0 Å². The SMILES string of the molecule is CC(C)Oc1ccc(-c2cccc(CC(=O)O)c2)cc1Cl. The van der Waals surface area contributed by atoms with Gasteiger partial charge >= 0.3 is 5.97 Å². The lowest BCUT2D eigenvalue weighted by molar-refractivity contribution is -0.136. The molecule has 110 valence electrons. The average molecular weight is 305 g/mol. The molecular formula is C17H17ClO3. The zero-order chi connectivity index (χ0) is 15.4. The van der Waals surface area contributed by atoms with Gasteiger partial charge in [-0.25, -0.2) is 0 Å². The Bertz CT molecular complexity index is 650. The Morgan fingerprint density at radius 3 is 2.52 bits per heavy atom. The summed E-state index contributed by atoms with van der Waals surface area (Å²) >= 11 is 6.23. The van der Waals surface area contributed by atoms with Crippen LogP contribution in [0.3, 0.4) is 0 Å². The molecule has 21 heavy (non-hydrogen) atoms. The first kappa shape index (κ1) is 15.4. The predicted molar refractivity (Wildman–Crippen MR) is 84.0 cm³/mol. The maximum atomic E-state index is 10.8. The molecule has 0 amide bonds. The number of carboxylic acids is 1. The normalized spacial score (nSPS) is 10.7. The second kappa shape index (κ2) is 6.64. The lowest BCUT2D eigenvalue weighted by atomic mass is 10.0. The van der Waals surface area contributed by atoms with E-state index in [1.165, 1.54) is 0 Å². The van der Waals surface area contributed by atoms with Gasteiger partial charge in [0.05, 0.1) is 17.5 Å². The number of halogens is 1. The van der Waals surface area contributed by atoms with Crippen LogP contribution in [0, 0.1) is 0 Å². The van der Waals surface area contributed by atoms with Gasteiger partial charge in [-0.05, 0) is 42.7 Å². The molecule has 2 aromatic carbocycles. The van der Waals surface area contributed by atoms with Crippen LogP contribution >= 0.6 is 11.6 Å². The van der Waals surface area contributed by atoms with Crippen LogP contribution in [0.25, 0.3) is 11.1 Å². The Labute approximate surface area is 129 Å². The van der Waals surface area contributed by atoms with Crippen molar-refractivity contribution in [2.45, 2.75) is 26.4 Å². The maximum absolute atomic E-state index is 10.8. The van der Waals surface area contributed by atoms with Gasteiger partial charge in [-0.1, -0.05) is 41.9 Å². The molecule has 0 heterocycles. The summed E-state index contributed by atoms with van der Waals surface area (Å²) in [5.41, 5.74) is 2.63. The first-order valence-corrected chi connectivity index (χ1v) is 7.11. The molecule has 3 nitrogen and oxygen atoms in total. The third-order valence-corrected chi connectivity index (χ3v) is 3.21. The van der Waals surface area contributed by atoms with Crippen molar-refractivity contribution in [3.63, 3.8) is 0 Å². The highest BCUT2D eigenvalue weighted by molar-refractivity contribution is 6.32. The molecular weight excluding hydrogens is 288 g/mol. The number of benzene rings is 2. The summed E-state index contributed by atoms with van der Waals surface area (Å²) in [6.45, 7) is 3.89. The van der Waals surface area contributed by atoms with Crippen molar-refractivity contribution >= 4 is 17.6 Å². The van der Waals surface area contributed by atoms with Gasteiger partial charge in [0.25, 0.3) is 0 Å². The predicted octanol–water partition coefficient (Wildman–Crippen LogP) is 4.42. The van der Waals surface area contributed by atoms with Gasteiger partial charge in [0, 0.05) is 0 Å². The molecule has 0 spiro atoms. The minimum absolute atomic E-state index is 0.0100. The molecule has 0 aliphatic carbocycles. The number of aliphatic carboxylic acids is 1. The van der Waals surface area contributed by atoms with Crippen LogP contribution < -0.4 is 4.74 Å².